The van der Waals surface area contributed by atoms with Crippen molar-refractivity contribution in [2.75, 3.05) is 13.7 Å². The van der Waals surface area contributed by atoms with Crippen LogP contribution >= 0.6 is 0 Å². The van der Waals surface area contributed by atoms with Crippen molar-refractivity contribution in [3.63, 3.8) is 0 Å². The van der Waals surface area contributed by atoms with Gasteiger partial charge in [0, 0.05) is 6.42 Å². The van der Waals surface area contributed by atoms with Crippen LogP contribution in [0.1, 0.15) is 12.0 Å². The van der Waals surface area contributed by atoms with Gasteiger partial charge in [-0.05, 0) is 30.0 Å². The summed E-state index contributed by atoms with van der Waals surface area (Å²) in [5, 5.41) is 9.23. The van der Waals surface area contributed by atoms with Gasteiger partial charge in [0.2, 0.25) is 0 Å². The minimum absolute atomic E-state index is 0.423. The number of rotatable bonds is 3. The van der Waals surface area contributed by atoms with E-state index in [2.05, 4.69) is 6.07 Å². The van der Waals surface area contributed by atoms with Gasteiger partial charge in [-0.3, -0.25) is 0 Å². The third-order valence-electron chi connectivity index (χ3n) is 2.72. The molecule has 82 valence electrons. The molecule has 3 heteroatoms. The highest BCUT2D eigenvalue weighted by Crippen LogP contribution is 2.23. The van der Waals surface area contributed by atoms with E-state index in [1.165, 1.54) is 5.56 Å². The zero-order chi connectivity index (χ0) is 10.7. The molecule has 1 aromatic rings. The van der Waals surface area contributed by atoms with Gasteiger partial charge in [0.05, 0.1) is 13.7 Å². The Labute approximate surface area is 89.6 Å². The Morgan fingerprint density at radius 3 is 3.07 bits per heavy atom. The number of hydrogen-bond donors (Lipinski definition) is 1. The van der Waals surface area contributed by atoms with Gasteiger partial charge in [0.15, 0.2) is 6.29 Å². The summed E-state index contributed by atoms with van der Waals surface area (Å²) >= 11 is 0. The van der Waals surface area contributed by atoms with Crippen LogP contribution in [0.3, 0.4) is 0 Å². The first-order valence-corrected chi connectivity index (χ1v) is 5.20. The maximum absolute atomic E-state index is 9.23. The quantitative estimate of drug-likeness (QED) is 0.819. The molecule has 1 aliphatic rings. The molecule has 3 nitrogen and oxygen atoms in total. The Morgan fingerprint density at radius 2 is 2.40 bits per heavy atom. The average molecular weight is 208 g/mol. The number of methoxy groups -OCH3 is 1. The molecule has 0 radical (unpaired) electrons. The minimum Gasteiger partial charge on any atom is -0.497 e. The van der Waals surface area contributed by atoms with E-state index in [0.29, 0.717) is 12.5 Å². The minimum atomic E-state index is -0.569. The summed E-state index contributed by atoms with van der Waals surface area (Å²) < 4.78 is 10.3. The number of aliphatic hydroxyl groups excluding tert-OH is 1. The number of ether oxygens (including phenoxy) is 2. The van der Waals surface area contributed by atoms with Crippen LogP contribution in [0, 0.1) is 5.92 Å². The van der Waals surface area contributed by atoms with E-state index in [9.17, 15) is 5.11 Å². The molecule has 1 aromatic carbocycles. The van der Waals surface area contributed by atoms with Crippen LogP contribution in [-0.4, -0.2) is 25.1 Å². The predicted octanol–water partition coefficient (Wildman–Crippen LogP) is 1.59. The Bertz CT molecular complexity index is 324. The van der Waals surface area contributed by atoms with Crippen LogP contribution in [-0.2, 0) is 11.2 Å². The van der Waals surface area contributed by atoms with Crippen molar-refractivity contribution in [3.8, 4) is 5.75 Å². The third-order valence-corrected chi connectivity index (χ3v) is 2.72. The Balaban J connectivity index is 1.98. The number of hydrogen-bond acceptors (Lipinski definition) is 3. The Hall–Kier alpha value is -1.06. The van der Waals surface area contributed by atoms with E-state index in [-0.39, 0.29) is 0 Å². The summed E-state index contributed by atoms with van der Waals surface area (Å²) in [5.74, 6) is 1.30. The molecule has 0 bridgehead atoms. The molecule has 2 atom stereocenters. The third kappa shape index (κ3) is 2.70. The molecule has 15 heavy (non-hydrogen) atoms. The lowest BCUT2D eigenvalue weighted by atomic mass is 9.98. The van der Waals surface area contributed by atoms with Crippen LogP contribution in [0.2, 0.25) is 0 Å². The summed E-state index contributed by atoms with van der Waals surface area (Å²) in [4.78, 5) is 0. The second kappa shape index (κ2) is 4.64. The molecule has 0 saturated carbocycles. The molecular formula is C12H16O3. The summed E-state index contributed by atoms with van der Waals surface area (Å²) in [5.41, 5.74) is 1.23. The van der Waals surface area contributed by atoms with Gasteiger partial charge in [0.25, 0.3) is 0 Å². The van der Waals surface area contributed by atoms with Gasteiger partial charge >= 0.3 is 0 Å². The van der Waals surface area contributed by atoms with Crippen LogP contribution < -0.4 is 4.74 Å². The van der Waals surface area contributed by atoms with Crippen molar-refractivity contribution in [1.82, 2.24) is 0 Å². The normalized spacial score (nSPS) is 25.5. The van der Waals surface area contributed by atoms with E-state index in [4.69, 9.17) is 9.47 Å². The maximum Gasteiger partial charge on any atom is 0.154 e. The molecule has 1 heterocycles. The molecule has 0 amide bonds. The molecule has 0 aliphatic carbocycles. The van der Waals surface area contributed by atoms with Crippen molar-refractivity contribution in [2.45, 2.75) is 19.1 Å². The fourth-order valence-electron chi connectivity index (χ4n) is 1.94. The fraction of sp³-hybridized carbons (Fsp3) is 0.500. The van der Waals surface area contributed by atoms with Gasteiger partial charge in [0.1, 0.15) is 5.75 Å². The van der Waals surface area contributed by atoms with Crippen molar-refractivity contribution >= 4 is 0 Å². The van der Waals surface area contributed by atoms with E-state index >= 15 is 0 Å². The van der Waals surface area contributed by atoms with Crippen LogP contribution in [0.25, 0.3) is 0 Å². The summed E-state index contributed by atoms with van der Waals surface area (Å²) in [6.45, 7) is 0.651. The van der Waals surface area contributed by atoms with Crippen molar-refractivity contribution in [3.05, 3.63) is 29.8 Å². The number of aliphatic hydroxyl groups is 1. The van der Waals surface area contributed by atoms with Crippen LogP contribution in [0.4, 0.5) is 0 Å². The zero-order valence-corrected chi connectivity index (χ0v) is 8.85. The zero-order valence-electron chi connectivity index (χ0n) is 8.85. The average Bonchev–Trinajstić information content (AvgIpc) is 2.64. The first kappa shape index (κ1) is 10.5. The molecule has 1 N–H and O–H groups in total. The van der Waals surface area contributed by atoms with Crippen molar-refractivity contribution < 1.29 is 14.6 Å². The van der Waals surface area contributed by atoms with Crippen molar-refractivity contribution in [2.24, 2.45) is 5.92 Å². The SMILES string of the molecule is COc1cccc(C[C@@H]2COC(O)C2)c1. The lowest BCUT2D eigenvalue weighted by Crippen LogP contribution is -2.04. The maximum atomic E-state index is 9.23. The first-order valence-electron chi connectivity index (χ1n) is 5.20. The largest absolute Gasteiger partial charge is 0.497 e. The Kier molecular flexibility index (Phi) is 3.23. The van der Waals surface area contributed by atoms with Gasteiger partial charge < -0.3 is 14.6 Å². The lowest BCUT2D eigenvalue weighted by molar-refractivity contribution is -0.0591. The second-order valence-electron chi connectivity index (χ2n) is 3.95. The summed E-state index contributed by atoms with van der Waals surface area (Å²) in [7, 11) is 1.67. The topological polar surface area (TPSA) is 38.7 Å². The van der Waals surface area contributed by atoms with Crippen molar-refractivity contribution in [1.29, 1.82) is 0 Å². The molecule has 1 fully saturated rings. The number of benzene rings is 1. The lowest BCUT2D eigenvalue weighted by Gasteiger charge is -2.08. The van der Waals surface area contributed by atoms with Crippen LogP contribution in [0.15, 0.2) is 24.3 Å². The predicted molar refractivity (Wildman–Crippen MR) is 56.8 cm³/mol. The smallest absolute Gasteiger partial charge is 0.154 e. The first-order chi connectivity index (χ1) is 7.28. The molecule has 0 aromatic heterocycles. The molecule has 0 spiro atoms. The summed E-state index contributed by atoms with van der Waals surface area (Å²) in [6.07, 6.45) is 1.10. The van der Waals surface area contributed by atoms with Gasteiger partial charge in [-0.25, -0.2) is 0 Å². The molecule has 1 unspecified atom stereocenters. The summed E-state index contributed by atoms with van der Waals surface area (Å²) in [6, 6.07) is 8.03. The highest BCUT2D eigenvalue weighted by atomic mass is 16.6. The molecule has 2 rings (SSSR count). The van der Waals surface area contributed by atoms with Gasteiger partial charge in [-0.2, -0.15) is 0 Å². The Morgan fingerprint density at radius 1 is 1.53 bits per heavy atom. The van der Waals surface area contributed by atoms with E-state index in [0.717, 1.165) is 18.6 Å². The van der Waals surface area contributed by atoms with Gasteiger partial charge in [-0.15, -0.1) is 0 Å². The molecule has 1 aliphatic heterocycles. The van der Waals surface area contributed by atoms with Gasteiger partial charge in [-0.1, -0.05) is 12.1 Å². The monoisotopic (exact) mass is 208 g/mol. The molecular weight excluding hydrogens is 192 g/mol. The standard InChI is InChI=1S/C12H16O3/c1-14-11-4-2-3-9(6-11)5-10-7-12(13)15-8-10/h2-4,6,10,12-13H,5,7-8H2,1H3/t10-,12?/m0/s1. The van der Waals surface area contributed by atoms with E-state index < -0.39 is 6.29 Å². The highest BCUT2D eigenvalue weighted by Gasteiger charge is 2.23. The van der Waals surface area contributed by atoms with E-state index in [1.54, 1.807) is 7.11 Å². The second-order valence-corrected chi connectivity index (χ2v) is 3.95. The highest BCUT2D eigenvalue weighted by molar-refractivity contribution is 5.28. The fourth-order valence-corrected chi connectivity index (χ4v) is 1.94. The van der Waals surface area contributed by atoms with E-state index in [1.807, 2.05) is 18.2 Å². The van der Waals surface area contributed by atoms with Crippen LogP contribution in [0.5, 0.6) is 5.75 Å². The molecule has 1 saturated heterocycles.